The number of fused-ring (bicyclic) bond motifs is 1. The van der Waals surface area contributed by atoms with Gasteiger partial charge in [-0.3, -0.25) is 9.48 Å². The zero-order valence-corrected chi connectivity index (χ0v) is 10.7. The number of hydrogen-bond donors (Lipinski definition) is 1. The van der Waals surface area contributed by atoms with Crippen molar-refractivity contribution < 1.29 is 9.90 Å². The first-order chi connectivity index (χ1) is 8.56. The molecule has 18 heavy (non-hydrogen) atoms. The molecule has 4 nitrogen and oxygen atoms in total. The number of carbonyl (C=O) groups is 1. The lowest BCUT2D eigenvalue weighted by atomic mass is 9.64. The highest BCUT2D eigenvalue weighted by atomic mass is 35.5. The predicted molar refractivity (Wildman–Crippen MR) is 68.9 cm³/mol. The third kappa shape index (κ3) is 1.32. The van der Waals surface area contributed by atoms with Crippen molar-refractivity contribution in [1.82, 2.24) is 9.78 Å². The van der Waals surface area contributed by atoms with E-state index in [2.05, 4.69) is 5.10 Å². The summed E-state index contributed by atoms with van der Waals surface area (Å²) in [5.41, 5.74) is 0.918. The number of para-hydroxylation sites is 1. The van der Waals surface area contributed by atoms with Gasteiger partial charge >= 0.3 is 5.97 Å². The lowest BCUT2D eigenvalue weighted by Gasteiger charge is -2.38. The van der Waals surface area contributed by atoms with Crippen LogP contribution < -0.4 is 0 Å². The topological polar surface area (TPSA) is 55.1 Å². The molecule has 1 fully saturated rings. The first-order valence-corrected chi connectivity index (χ1v) is 6.29. The number of carboxylic acid groups (broad SMARTS) is 1. The van der Waals surface area contributed by atoms with Crippen LogP contribution in [0.2, 0.25) is 5.15 Å². The molecule has 0 amide bonds. The van der Waals surface area contributed by atoms with Crippen LogP contribution in [-0.2, 0) is 17.3 Å². The van der Waals surface area contributed by atoms with Crippen molar-refractivity contribution in [2.75, 3.05) is 0 Å². The van der Waals surface area contributed by atoms with Crippen molar-refractivity contribution in [2.24, 2.45) is 7.05 Å². The summed E-state index contributed by atoms with van der Waals surface area (Å²) < 4.78 is 1.68. The van der Waals surface area contributed by atoms with E-state index >= 15 is 0 Å². The van der Waals surface area contributed by atoms with E-state index in [0.717, 1.165) is 22.9 Å². The highest BCUT2D eigenvalue weighted by Crippen LogP contribution is 2.46. The summed E-state index contributed by atoms with van der Waals surface area (Å²) >= 11 is 6.06. The molecule has 1 saturated carbocycles. The van der Waals surface area contributed by atoms with Crippen LogP contribution >= 0.6 is 11.6 Å². The maximum atomic E-state index is 11.6. The van der Waals surface area contributed by atoms with Crippen LogP contribution in [0, 0.1) is 0 Å². The molecular formula is C13H13ClN2O2. The summed E-state index contributed by atoms with van der Waals surface area (Å²) in [5, 5.41) is 15.0. The Kier molecular flexibility index (Phi) is 2.38. The number of nitrogens with zero attached hydrogens (tertiary/aromatic N) is 2. The van der Waals surface area contributed by atoms with Crippen LogP contribution in [-0.4, -0.2) is 20.9 Å². The van der Waals surface area contributed by atoms with Gasteiger partial charge in [0, 0.05) is 12.4 Å². The Morgan fingerprint density at radius 1 is 1.50 bits per heavy atom. The number of halogens is 1. The lowest BCUT2D eigenvalue weighted by Crippen LogP contribution is -2.42. The van der Waals surface area contributed by atoms with Gasteiger partial charge in [-0.1, -0.05) is 30.2 Å². The van der Waals surface area contributed by atoms with Gasteiger partial charge in [-0.2, -0.15) is 5.10 Å². The highest BCUT2D eigenvalue weighted by molar-refractivity contribution is 6.34. The van der Waals surface area contributed by atoms with Crippen molar-refractivity contribution in [3.05, 3.63) is 28.9 Å². The molecule has 1 aromatic carbocycles. The van der Waals surface area contributed by atoms with E-state index in [1.807, 2.05) is 18.2 Å². The van der Waals surface area contributed by atoms with E-state index in [9.17, 15) is 9.90 Å². The molecule has 0 aliphatic heterocycles. The fourth-order valence-electron chi connectivity index (χ4n) is 2.81. The summed E-state index contributed by atoms with van der Waals surface area (Å²) in [7, 11) is 1.80. The van der Waals surface area contributed by atoms with Crippen molar-refractivity contribution >= 4 is 28.5 Å². The van der Waals surface area contributed by atoms with E-state index < -0.39 is 11.4 Å². The van der Waals surface area contributed by atoms with Gasteiger partial charge < -0.3 is 5.11 Å². The standard InChI is InChI=1S/C13H13ClN2O2/c1-16-10-8(11(14)15-16)4-2-5-9(10)13(12(17)18)6-3-7-13/h2,4-5H,3,6-7H2,1H3,(H,17,18). The van der Waals surface area contributed by atoms with Crippen LogP contribution in [0.15, 0.2) is 18.2 Å². The van der Waals surface area contributed by atoms with E-state index in [4.69, 9.17) is 11.6 Å². The zero-order valence-electron chi connectivity index (χ0n) is 9.98. The van der Waals surface area contributed by atoms with Gasteiger partial charge in [0.15, 0.2) is 5.15 Å². The highest BCUT2D eigenvalue weighted by Gasteiger charge is 2.47. The zero-order chi connectivity index (χ0) is 12.9. The number of rotatable bonds is 2. The molecule has 1 aliphatic rings. The molecule has 0 atom stereocenters. The van der Waals surface area contributed by atoms with Crippen LogP contribution in [0.25, 0.3) is 10.9 Å². The number of carboxylic acids is 1. The van der Waals surface area contributed by atoms with Crippen molar-refractivity contribution in [1.29, 1.82) is 0 Å². The summed E-state index contributed by atoms with van der Waals surface area (Å²) in [6.07, 6.45) is 2.32. The van der Waals surface area contributed by atoms with E-state index in [1.54, 1.807) is 11.7 Å². The Balaban J connectivity index is 2.33. The van der Waals surface area contributed by atoms with Crippen molar-refractivity contribution in [3.63, 3.8) is 0 Å². The molecule has 0 radical (unpaired) electrons. The quantitative estimate of drug-likeness (QED) is 0.907. The Labute approximate surface area is 109 Å². The largest absolute Gasteiger partial charge is 0.481 e. The van der Waals surface area contributed by atoms with Gasteiger partial charge in [0.05, 0.1) is 10.9 Å². The van der Waals surface area contributed by atoms with Crippen molar-refractivity contribution in [3.8, 4) is 0 Å². The third-order valence-corrected chi connectivity index (χ3v) is 4.23. The van der Waals surface area contributed by atoms with Crippen LogP contribution in [0.1, 0.15) is 24.8 Å². The van der Waals surface area contributed by atoms with Crippen LogP contribution in [0.4, 0.5) is 0 Å². The second-order valence-electron chi connectivity index (χ2n) is 4.86. The van der Waals surface area contributed by atoms with E-state index in [0.29, 0.717) is 18.0 Å². The normalized spacial score (nSPS) is 17.7. The summed E-state index contributed by atoms with van der Waals surface area (Å²) in [6, 6.07) is 5.62. The molecule has 0 unspecified atom stereocenters. The fraction of sp³-hybridized carbons (Fsp3) is 0.385. The smallest absolute Gasteiger partial charge is 0.314 e. The second kappa shape index (κ2) is 3.72. The minimum atomic E-state index is -0.753. The van der Waals surface area contributed by atoms with E-state index in [-0.39, 0.29) is 0 Å². The summed E-state index contributed by atoms with van der Waals surface area (Å²) in [5.74, 6) is -0.751. The summed E-state index contributed by atoms with van der Waals surface area (Å²) in [6.45, 7) is 0. The second-order valence-corrected chi connectivity index (χ2v) is 5.21. The average Bonchev–Trinajstić information content (AvgIpc) is 2.53. The first kappa shape index (κ1) is 11.5. The number of aliphatic carboxylic acids is 1. The minimum Gasteiger partial charge on any atom is -0.481 e. The van der Waals surface area contributed by atoms with Gasteiger partial charge in [0.25, 0.3) is 0 Å². The Hall–Kier alpha value is -1.55. The van der Waals surface area contributed by atoms with Gasteiger partial charge in [0.1, 0.15) is 0 Å². The average molecular weight is 265 g/mol. The lowest BCUT2D eigenvalue weighted by molar-refractivity contribution is -0.147. The van der Waals surface area contributed by atoms with Crippen LogP contribution in [0.3, 0.4) is 0 Å². The number of benzene rings is 1. The number of aryl methyl sites for hydroxylation is 1. The molecule has 1 N–H and O–H groups in total. The predicted octanol–water partition coefficient (Wildman–Crippen LogP) is 2.73. The molecule has 1 heterocycles. The molecule has 1 aromatic heterocycles. The molecule has 94 valence electrons. The SMILES string of the molecule is Cn1nc(Cl)c2cccc(C3(C(=O)O)CCC3)c21. The minimum absolute atomic E-state index is 0.425. The first-order valence-electron chi connectivity index (χ1n) is 5.91. The monoisotopic (exact) mass is 264 g/mol. The molecule has 3 rings (SSSR count). The Morgan fingerprint density at radius 3 is 2.78 bits per heavy atom. The Bertz CT molecular complexity index is 644. The summed E-state index contributed by atoms with van der Waals surface area (Å²) in [4.78, 5) is 11.6. The van der Waals surface area contributed by atoms with Gasteiger partial charge in [-0.05, 0) is 24.5 Å². The Morgan fingerprint density at radius 2 is 2.22 bits per heavy atom. The van der Waals surface area contributed by atoms with Crippen LogP contribution in [0.5, 0.6) is 0 Å². The molecule has 0 saturated heterocycles. The maximum absolute atomic E-state index is 11.6. The van der Waals surface area contributed by atoms with Gasteiger partial charge in [-0.15, -0.1) is 0 Å². The van der Waals surface area contributed by atoms with Crippen molar-refractivity contribution in [2.45, 2.75) is 24.7 Å². The number of aromatic nitrogens is 2. The maximum Gasteiger partial charge on any atom is 0.314 e. The number of hydrogen-bond acceptors (Lipinski definition) is 2. The molecule has 0 bridgehead atoms. The fourth-order valence-corrected chi connectivity index (χ4v) is 3.07. The molecule has 5 heteroatoms. The molecule has 1 aliphatic carbocycles. The molecular weight excluding hydrogens is 252 g/mol. The molecule has 2 aromatic rings. The van der Waals surface area contributed by atoms with Gasteiger partial charge in [-0.25, -0.2) is 0 Å². The third-order valence-electron chi connectivity index (χ3n) is 3.95. The van der Waals surface area contributed by atoms with E-state index in [1.165, 1.54) is 0 Å². The van der Waals surface area contributed by atoms with Gasteiger partial charge in [0.2, 0.25) is 0 Å². The molecule has 0 spiro atoms.